The van der Waals surface area contributed by atoms with Gasteiger partial charge in [-0.3, -0.25) is 0 Å². The lowest BCUT2D eigenvalue weighted by Crippen LogP contribution is -2.24. The maximum atomic E-state index is 2.32. The van der Waals surface area contributed by atoms with Crippen LogP contribution >= 0.6 is 0 Å². The molecule has 5 rings (SSSR count). The van der Waals surface area contributed by atoms with Gasteiger partial charge in [0.15, 0.2) is 0 Å². The van der Waals surface area contributed by atoms with Gasteiger partial charge in [-0.1, -0.05) is 60.8 Å². The van der Waals surface area contributed by atoms with Crippen molar-refractivity contribution in [1.82, 2.24) is 0 Å². The summed E-state index contributed by atoms with van der Waals surface area (Å²) in [4.78, 5) is 0. The van der Waals surface area contributed by atoms with Gasteiger partial charge in [-0.2, -0.15) is 0 Å². The lowest BCUT2D eigenvalue weighted by atomic mass is 9.69. The molecular weight excluding hydrogens is 204 g/mol. The summed E-state index contributed by atoms with van der Waals surface area (Å²) in [6, 6.07) is 0. The fraction of sp³-hybridized carbons (Fsp3) is 0.176. The summed E-state index contributed by atoms with van der Waals surface area (Å²) in [5.41, 5.74) is 6.59. The topological polar surface area (TPSA) is 0 Å². The lowest BCUT2D eigenvalue weighted by molar-refractivity contribution is 0.576. The molecule has 0 aliphatic heterocycles. The Kier molecular flexibility index (Phi) is 1.09. The van der Waals surface area contributed by atoms with E-state index >= 15 is 0 Å². The molecule has 0 atom stereocenters. The highest BCUT2D eigenvalue weighted by Crippen LogP contribution is 2.82. The molecule has 5 aliphatic carbocycles. The smallest absolute Gasteiger partial charge is 0.0352 e. The van der Waals surface area contributed by atoms with E-state index in [4.69, 9.17) is 0 Å². The standard InChI is InChI=1S/C17H12/c1-2-4-13-6-8-15-10-9-14-7-5-12(3-1)16(13)11-17(14,15)16/h1-10H,11H2. The van der Waals surface area contributed by atoms with Gasteiger partial charge in [-0.25, -0.2) is 0 Å². The molecule has 0 N–H and O–H groups in total. The van der Waals surface area contributed by atoms with Crippen molar-refractivity contribution in [3.63, 3.8) is 0 Å². The Hall–Kier alpha value is -1.82. The molecule has 1 fully saturated rings. The van der Waals surface area contributed by atoms with E-state index in [1.165, 1.54) is 28.7 Å². The van der Waals surface area contributed by atoms with E-state index in [0.29, 0.717) is 5.41 Å². The van der Waals surface area contributed by atoms with E-state index in [0.717, 1.165) is 0 Å². The van der Waals surface area contributed by atoms with E-state index in [2.05, 4.69) is 60.8 Å². The summed E-state index contributed by atoms with van der Waals surface area (Å²) in [5, 5.41) is 0. The highest BCUT2D eigenvalue weighted by molar-refractivity contribution is 5.74. The first kappa shape index (κ1) is 8.30. The largest absolute Gasteiger partial charge is 0.0620 e. The molecule has 2 spiro atoms. The Morgan fingerprint density at radius 3 is 1.47 bits per heavy atom. The Morgan fingerprint density at radius 1 is 0.588 bits per heavy atom. The Labute approximate surface area is 101 Å². The van der Waals surface area contributed by atoms with Crippen LogP contribution in [0.2, 0.25) is 0 Å². The molecule has 0 aromatic rings. The summed E-state index contributed by atoms with van der Waals surface area (Å²) >= 11 is 0. The first-order valence-corrected chi connectivity index (χ1v) is 6.27. The Bertz CT molecular complexity index is 619. The van der Waals surface area contributed by atoms with Crippen molar-refractivity contribution in [2.24, 2.45) is 10.8 Å². The summed E-state index contributed by atoms with van der Waals surface area (Å²) in [6.07, 6.45) is 24.1. The molecular formula is C17H12. The maximum absolute atomic E-state index is 2.32. The van der Waals surface area contributed by atoms with Gasteiger partial charge < -0.3 is 0 Å². The van der Waals surface area contributed by atoms with Crippen LogP contribution < -0.4 is 0 Å². The van der Waals surface area contributed by atoms with Crippen LogP contribution in [0.5, 0.6) is 0 Å². The second-order valence-electron chi connectivity index (χ2n) is 5.53. The molecule has 1 saturated carbocycles. The molecule has 5 aliphatic rings. The Morgan fingerprint density at radius 2 is 1.00 bits per heavy atom. The molecule has 0 amide bonds. The molecule has 0 saturated heterocycles. The van der Waals surface area contributed by atoms with E-state index < -0.39 is 0 Å². The second-order valence-corrected chi connectivity index (χ2v) is 5.53. The molecule has 0 aromatic carbocycles. The molecule has 17 heavy (non-hydrogen) atoms. The fourth-order valence-electron chi connectivity index (χ4n) is 4.30. The van der Waals surface area contributed by atoms with Crippen LogP contribution in [0.15, 0.2) is 83.1 Å². The monoisotopic (exact) mass is 216 g/mol. The van der Waals surface area contributed by atoms with Gasteiger partial charge in [0.25, 0.3) is 0 Å². The van der Waals surface area contributed by atoms with Crippen molar-refractivity contribution in [2.75, 3.05) is 0 Å². The Balaban J connectivity index is 1.95. The van der Waals surface area contributed by atoms with Crippen LogP contribution in [0.4, 0.5) is 0 Å². The first-order valence-electron chi connectivity index (χ1n) is 6.27. The van der Waals surface area contributed by atoms with Crippen LogP contribution in [0.3, 0.4) is 0 Å². The third-order valence-electron chi connectivity index (χ3n) is 5.10. The SMILES string of the molecule is C1=CC=C2C=CC3=CC=C4C=CC(=C1)C21CC431. The molecule has 0 bridgehead atoms. The average molecular weight is 216 g/mol. The zero-order valence-corrected chi connectivity index (χ0v) is 9.48. The lowest BCUT2D eigenvalue weighted by Gasteiger charge is -2.34. The average Bonchev–Trinajstić information content (AvgIpc) is 3.00. The second kappa shape index (κ2) is 2.24. The number of allylic oxidation sites excluding steroid dienone is 14. The van der Waals surface area contributed by atoms with Gasteiger partial charge in [0.2, 0.25) is 0 Å². The molecule has 0 heterocycles. The van der Waals surface area contributed by atoms with Gasteiger partial charge in [-0.05, 0) is 28.7 Å². The van der Waals surface area contributed by atoms with E-state index in [9.17, 15) is 0 Å². The molecule has 0 heteroatoms. The first-order chi connectivity index (χ1) is 8.38. The van der Waals surface area contributed by atoms with Gasteiger partial charge in [0, 0.05) is 10.8 Å². The van der Waals surface area contributed by atoms with Gasteiger partial charge in [0.05, 0.1) is 0 Å². The molecule has 0 unspecified atom stereocenters. The van der Waals surface area contributed by atoms with Gasteiger partial charge in [-0.15, -0.1) is 0 Å². The van der Waals surface area contributed by atoms with E-state index in [1.54, 1.807) is 0 Å². The highest BCUT2D eigenvalue weighted by atomic mass is 14.8. The van der Waals surface area contributed by atoms with Crippen molar-refractivity contribution in [3.8, 4) is 0 Å². The number of rotatable bonds is 0. The van der Waals surface area contributed by atoms with Crippen LogP contribution in [0.1, 0.15) is 6.42 Å². The van der Waals surface area contributed by atoms with Crippen LogP contribution in [-0.4, -0.2) is 0 Å². The van der Waals surface area contributed by atoms with Crippen LogP contribution in [0, 0.1) is 10.8 Å². The van der Waals surface area contributed by atoms with Crippen molar-refractivity contribution in [2.45, 2.75) is 6.42 Å². The molecule has 80 valence electrons. The molecule has 0 aromatic heterocycles. The minimum absolute atomic E-state index is 0.272. The van der Waals surface area contributed by atoms with Crippen LogP contribution in [0.25, 0.3) is 0 Å². The summed E-state index contributed by atoms with van der Waals surface area (Å²) in [7, 11) is 0. The van der Waals surface area contributed by atoms with Gasteiger partial charge >= 0.3 is 0 Å². The van der Waals surface area contributed by atoms with Crippen LogP contribution in [-0.2, 0) is 0 Å². The summed E-state index contributed by atoms with van der Waals surface area (Å²) in [6.45, 7) is 0. The summed E-state index contributed by atoms with van der Waals surface area (Å²) < 4.78 is 0. The normalized spacial score (nSPS) is 41.9. The number of hydrogen-bond acceptors (Lipinski definition) is 0. The van der Waals surface area contributed by atoms with Crippen molar-refractivity contribution in [3.05, 3.63) is 83.1 Å². The van der Waals surface area contributed by atoms with E-state index in [1.807, 2.05) is 0 Å². The van der Waals surface area contributed by atoms with Crippen molar-refractivity contribution in [1.29, 1.82) is 0 Å². The fourth-order valence-corrected chi connectivity index (χ4v) is 4.30. The zero-order chi connectivity index (χ0) is 11.1. The predicted octanol–water partition coefficient (Wildman–Crippen LogP) is 3.79. The minimum atomic E-state index is 0.272. The quantitative estimate of drug-likeness (QED) is 0.578. The third kappa shape index (κ3) is 0.643. The van der Waals surface area contributed by atoms with Crippen molar-refractivity contribution < 1.29 is 0 Å². The zero-order valence-electron chi connectivity index (χ0n) is 9.48. The molecule has 0 nitrogen and oxygen atoms in total. The summed E-state index contributed by atoms with van der Waals surface area (Å²) in [5.74, 6) is 0. The predicted molar refractivity (Wildman–Crippen MR) is 69.2 cm³/mol. The number of hydrogen-bond donors (Lipinski definition) is 0. The highest BCUT2D eigenvalue weighted by Gasteiger charge is 2.74. The molecule has 0 radical (unpaired) electrons. The van der Waals surface area contributed by atoms with Gasteiger partial charge in [0.1, 0.15) is 0 Å². The van der Waals surface area contributed by atoms with Crippen molar-refractivity contribution >= 4 is 0 Å². The third-order valence-corrected chi connectivity index (χ3v) is 5.10. The van der Waals surface area contributed by atoms with E-state index in [-0.39, 0.29) is 5.41 Å². The maximum Gasteiger partial charge on any atom is 0.0352 e. The minimum Gasteiger partial charge on any atom is -0.0620 e.